The van der Waals surface area contributed by atoms with E-state index in [2.05, 4.69) is 25.5 Å². The van der Waals surface area contributed by atoms with Crippen LogP contribution in [-0.2, 0) is 0 Å². The van der Waals surface area contributed by atoms with E-state index in [1.54, 1.807) is 0 Å². The number of fused-ring (bicyclic) bond motifs is 1. The second kappa shape index (κ2) is 5.85. The summed E-state index contributed by atoms with van der Waals surface area (Å²) in [6.07, 6.45) is 0. The Bertz CT molecular complexity index is 630. The largest absolute Gasteiger partial charge is 0.361 e. The number of likely N-dealkylation sites (N-methyl/N-ethyl adjacent to an activating group) is 1. The fourth-order valence-corrected chi connectivity index (χ4v) is 1.90. The van der Waals surface area contributed by atoms with E-state index >= 15 is 0 Å². The number of thiocarbonyl (C=S) groups is 1. The molecule has 0 atom stereocenters. The summed E-state index contributed by atoms with van der Waals surface area (Å²) in [5.74, 6) is 0. The van der Waals surface area contributed by atoms with Crippen LogP contribution >= 0.6 is 12.2 Å². The van der Waals surface area contributed by atoms with Crippen LogP contribution in [0.5, 0.6) is 0 Å². The fraction of sp³-hybridized carbons (Fsp3) is 0.333. The number of anilines is 1. The Morgan fingerprint density at radius 1 is 1.32 bits per heavy atom. The molecule has 7 heteroatoms. The van der Waals surface area contributed by atoms with E-state index in [9.17, 15) is 4.79 Å². The minimum Gasteiger partial charge on any atom is -0.361 e. The molecule has 1 aromatic heterocycles. The van der Waals surface area contributed by atoms with E-state index < -0.39 is 0 Å². The minimum absolute atomic E-state index is 0.209. The van der Waals surface area contributed by atoms with Gasteiger partial charge < -0.3 is 25.5 Å². The third kappa shape index (κ3) is 3.80. The Labute approximate surface area is 116 Å². The highest BCUT2D eigenvalue weighted by atomic mass is 32.1. The third-order valence-electron chi connectivity index (χ3n) is 2.62. The normalized spacial score (nSPS) is 10.9. The summed E-state index contributed by atoms with van der Waals surface area (Å²) < 4.78 is 0. The van der Waals surface area contributed by atoms with Crippen LogP contribution in [0.1, 0.15) is 0 Å². The van der Waals surface area contributed by atoms with Crippen molar-refractivity contribution in [1.82, 2.24) is 20.2 Å². The van der Waals surface area contributed by atoms with Crippen molar-refractivity contribution < 1.29 is 0 Å². The van der Waals surface area contributed by atoms with Gasteiger partial charge in [0.05, 0.1) is 11.0 Å². The molecule has 0 aliphatic carbocycles. The maximum atomic E-state index is 11.2. The molecule has 0 amide bonds. The van der Waals surface area contributed by atoms with Crippen molar-refractivity contribution in [2.45, 2.75) is 0 Å². The summed E-state index contributed by atoms with van der Waals surface area (Å²) in [6.45, 7) is 1.69. The Balaban J connectivity index is 1.96. The Kier molecular flexibility index (Phi) is 4.18. The molecule has 4 N–H and O–H groups in total. The van der Waals surface area contributed by atoms with Crippen molar-refractivity contribution in [2.75, 3.05) is 32.5 Å². The van der Waals surface area contributed by atoms with Gasteiger partial charge in [0.2, 0.25) is 0 Å². The molecule has 102 valence electrons. The molecule has 0 unspecified atom stereocenters. The molecule has 19 heavy (non-hydrogen) atoms. The summed E-state index contributed by atoms with van der Waals surface area (Å²) in [4.78, 5) is 18.6. The number of aromatic nitrogens is 2. The molecule has 0 radical (unpaired) electrons. The van der Waals surface area contributed by atoms with Crippen LogP contribution in [0.25, 0.3) is 11.0 Å². The first-order valence-electron chi connectivity index (χ1n) is 5.96. The predicted molar refractivity (Wildman–Crippen MR) is 81.7 cm³/mol. The number of benzene rings is 1. The number of nitrogens with zero attached hydrogens (tertiary/aromatic N) is 1. The minimum atomic E-state index is -0.209. The number of aromatic amines is 2. The maximum absolute atomic E-state index is 11.2. The van der Waals surface area contributed by atoms with Gasteiger partial charge >= 0.3 is 5.69 Å². The van der Waals surface area contributed by atoms with Gasteiger partial charge in [-0.2, -0.15) is 0 Å². The van der Waals surface area contributed by atoms with Crippen molar-refractivity contribution in [3.8, 4) is 0 Å². The quantitative estimate of drug-likeness (QED) is 0.620. The summed E-state index contributed by atoms with van der Waals surface area (Å²) in [5, 5.41) is 6.77. The predicted octanol–water partition coefficient (Wildman–Crippen LogP) is 0.704. The average molecular weight is 279 g/mol. The lowest BCUT2D eigenvalue weighted by Crippen LogP contribution is -2.34. The topological polar surface area (TPSA) is 75.9 Å². The molecule has 0 saturated heterocycles. The molecule has 0 aliphatic rings. The lowest BCUT2D eigenvalue weighted by atomic mass is 10.3. The van der Waals surface area contributed by atoms with Gasteiger partial charge in [-0.25, -0.2) is 4.79 Å². The van der Waals surface area contributed by atoms with Gasteiger partial charge in [-0.3, -0.25) is 0 Å². The van der Waals surface area contributed by atoms with Crippen molar-refractivity contribution in [1.29, 1.82) is 0 Å². The molecule has 1 aromatic carbocycles. The van der Waals surface area contributed by atoms with Gasteiger partial charge in [-0.05, 0) is 44.5 Å². The van der Waals surface area contributed by atoms with Gasteiger partial charge in [-0.15, -0.1) is 0 Å². The second-order valence-electron chi connectivity index (χ2n) is 4.52. The summed E-state index contributed by atoms with van der Waals surface area (Å²) >= 11 is 5.20. The van der Waals surface area contributed by atoms with E-state index in [-0.39, 0.29) is 5.69 Å². The van der Waals surface area contributed by atoms with Crippen LogP contribution < -0.4 is 16.3 Å². The van der Waals surface area contributed by atoms with Crippen LogP contribution in [-0.4, -0.2) is 47.2 Å². The first-order chi connectivity index (χ1) is 9.04. The number of imidazole rings is 1. The van der Waals surface area contributed by atoms with Crippen molar-refractivity contribution in [2.24, 2.45) is 0 Å². The average Bonchev–Trinajstić information content (AvgIpc) is 2.67. The molecule has 1 heterocycles. The molecule has 6 nitrogen and oxygen atoms in total. The zero-order valence-corrected chi connectivity index (χ0v) is 11.7. The van der Waals surface area contributed by atoms with Crippen LogP contribution in [0.15, 0.2) is 23.0 Å². The van der Waals surface area contributed by atoms with Crippen LogP contribution in [0, 0.1) is 0 Å². The molecular weight excluding hydrogens is 262 g/mol. The standard InChI is InChI=1S/C12H17N5OS/c1-17(2)6-5-13-12(19)14-8-3-4-9-10(7-8)16-11(18)15-9/h3-4,7H,5-6H2,1-2H3,(H2,13,14,19)(H2,15,16,18). The van der Waals surface area contributed by atoms with Gasteiger partial charge in [-0.1, -0.05) is 0 Å². The van der Waals surface area contributed by atoms with Gasteiger partial charge in [0.25, 0.3) is 0 Å². The van der Waals surface area contributed by atoms with E-state index in [1.807, 2.05) is 32.3 Å². The van der Waals surface area contributed by atoms with Crippen molar-refractivity contribution in [3.63, 3.8) is 0 Å². The molecular formula is C12H17N5OS. The lowest BCUT2D eigenvalue weighted by molar-refractivity contribution is 0.413. The van der Waals surface area contributed by atoms with E-state index in [0.29, 0.717) is 5.11 Å². The van der Waals surface area contributed by atoms with Gasteiger partial charge in [0.1, 0.15) is 0 Å². The highest BCUT2D eigenvalue weighted by molar-refractivity contribution is 7.80. The fourth-order valence-electron chi connectivity index (χ4n) is 1.68. The molecule has 2 aromatic rings. The monoisotopic (exact) mass is 279 g/mol. The van der Waals surface area contributed by atoms with E-state index in [0.717, 1.165) is 29.8 Å². The molecule has 0 bridgehead atoms. The highest BCUT2D eigenvalue weighted by Gasteiger charge is 2.01. The number of hydrogen-bond donors (Lipinski definition) is 4. The van der Waals surface area contributed by atoms with Gasteiger partial charge in [0, 0.05) is 18.8 Å². The molecule has 0 aliphatic heterocycles. The van der Waals surface area contributed by atoms with Crippen molar-refractivity contribution in [3.05, 3.63) is 28.7 Å². The zero-order valence-electron chi connectivity index (χ0n) is 10.9. The highest BCUT2D eigenvalue weighted by Crippen LogP contribution is 2.14. The molecule has 0 fully saturated rings. The summed E-state index contributed by atoms with van der Waals surface area (Å²) in [7, 11) is 4.02. The summed E-state index contributed by atoms with van der Waals surface area (Å²) in [5.41, 5.74) is 2.16. The maximum Gasteiger partial charge on any atom is 0.323 e. The van der Waals surface area contributed by atoms with E-state index in [1.165, 1.54) is 0 Å². The van der Waals surface area contributed by atoms with Crippen LogP contribution in [0.2, 0.25) is 0 Å². The Hall–Kier alpha value is -1.86. The Morgan fingerprint density at radius 2 is 2.05 bits per heavy atom. The lowest BCUT2D eigenvalue weighted by Gasteiger charge is -2.13. The zero-order chi connectivity index (χ0) is 13.8. The first-order valence-corrected chi connectivity index (χ1v) is 6.37. The first kappa shape index (κ1) is 13.6. The molecule has 0 saturated carbocycles. The van der Waals surface area contributed by atoms with E-state index in [4.69, 9.17) is 12.2 Å². The van der Waals surface area contributed by atoms with Crippen LogP contribution in [0.4, 0.5) is 5.69 Å². The SMILES string of the molecule is CN(C)CCNC(=S)Nc1ccc2[nH]c(=O)[nH]c2c1. The molecule has 2 rings (SSSR count). The number of rotatable bonds is 4. The van der Waals surface area contributed by atoms with Gasteiger partial charge in [0.15, 0.2) is 5.11 Å². The number of hydrogen-bond acceptors (Lipinski definition) is 3. The molecule has 0 spiro atoms. The van der Waals surface area contributed by atoms with Crippen molar-refractivity contribution >= 4 is 34.1 Å². The number of nitrogens with one attached hydrogen (secondary N) is 4. The Morgan fingerprint density at radius 3 is 2.79 bits per heavy atom. The second-order valence-corrected chi connectivity index (χ2v) is 4.93. The van der Waals surface area contributed by atoms with Crippen LogP contribution in [0.3, 0.4) is 0 Å². The number of H-pyrrole nitrogens is 2. The summed E-state index contributed by atoms with van der Waals surface area (Å²) in [6, 6.07) is 5.54. The third-order valence-corrected chi connectivity index (χ3v) is 2.86. The smallest absolute Gasteiger partial charge is 0.323 e.